The largest absolute Gasteiger partial charge is 0.508 e. The van der Waals surface area contributed by atoms with Gasteiger partial charge in [0.1, 0.15) is 5.75 Å². The van der Waals surface area contributed by atoms with Crippen LogP contribution in [0.25, 0.3) is 10.9 Å². The lowest BCUT2D eigenvalue weighted by Crippen LogP contribution is -2.55. The first kappa shape index (κ1) is 18.5. The van der Waals surface area contributed by atoms with Gasteiger partial charge in [0.25, 0.3) is 0 Å². The molecule has 0 amide bonds. The zero-order valence-corrected chi connectivity index (χ0v) is 16.2. The van der Waals surface area contributed by atoms with Crippen LogP contribution in [-0.2, 0) is 4.74 Å². The number of ether oxygens (including phenoxy) is 1. The molecule has 4 unspecified atom stereocenters. The Labute approximate surface area is 161 Å². The molecule has 3 saturated heterocycles. The van der Waals surface area contributed by atoms with Gasteiger partial charge in [-0.1, -0.05) is 19.4 Å². The molecule has 144 valence electrons. The Morgan fingerprint density at radius 3 is 3.04 bits per heavy atom. The maximum atomic E-state index is 10.0. The van der Waals surface area contributed by atoms with Crippen molar-refractivity contribution in [1.29, 1.82) is 0 Å². The maximum Gasteiger partial charge on any atom is 0.116 e. The Morgan fingerprint density at radius 1 is 1.41 bits per heavy atom. The predicted octanol–water partition coefficient (Wildman–Crippen LogP) is 4.69. The molecular formula is C23H30N2O2. The van der Waals surface area contributed by atoms with E-state index in [-0.39, 0.29) is 11.9 Å². The van der Waals surface area contributed by atoms with E-state index in [9.17, 15) is 5.11 Å². The van der Waals surface area contributed by atoms with Crippen molar-refractivity contribution < 1.29 is 9.84 Å². The molecule has 0 spiro atoms. The van der Waals surface area contributed by atoms with E-state index in [0.29, 0.717) is 17.9 Å². The molecule has 3 aliphatic heterocycles. The van der Waals surface area contributed by atoms with Crippen LogP contribution in [0.15, 0.2) is 43.1 Å². The molecule has 4 heteroatoms. The minimum Gasteiger partial charge on any atom is -0.508 e. The van der Waals surface area contributed by atoms with Gasteiger partial charge in [-0.25, -0.2) is 0 Å². The van der Waals surface area contributed by atoms with Crippen LogP contribution in [0.2, 0.25) is 0 Å². The summed E-state index contributed by atoms with van der Waals surface area (Å²) < 4.78 is 6.50. The van der Waals surface area contributed by atoms with Crippen molar-refractivity contribution in [2.45, 2.75) is 44.8 Å². The quantitative estimate of drug-likeness (QED) is 0.570. The molecule has 1 aromatic carbocycles. The lowest BCUT2D eigenvalue weighted by molar-refractivity contribution is -0.0752. The topological polar surface area (TPSA) is 45.6 Å². The Balaban J connectivity index is 1.70. The average Bonchev–Trinajstić information content (AvgIpc) is 2.71. The third kappa shape index (κ3) is 3.61. The van der Waals surface area contributed by atoms with Crippen LogP contribution >= 0.6 is 0 Å². The van der Waals surface area contributed by atoms with E-state index in [1.807, 2.05) is 18.3 Å². The average molecular weight is 367 g/mol. The monoisotopic (exact) mass is 366 g/mol. The third-order valence-electron chi connectivity index (χ3n) is 6.36. The number of unbranched alkanes of at least 4 members (excludes halogenated alkanes) is 1. The molecule has 0 aliphatic carbocycles. The van der Waals surface area contributed by atoms with Crippen LogP contribution in [0.1, 0.15) is 44.3 Å². The molecule has 4 nitrogen and oxygen atoms in total. The van der Waals surface area contributed by atoms with Crippen molar-refractivity contribution in [3.05, 3.63) is 48.7 Å². The smallest absolute Gasteiger partial charge is 0.116 e. The second-order valence-electron chi connectivity index (χ2n) is 7.99. The van der Waals surface area contributed by atoms with Crippen molar-refractivity contribution in [3.63, 3.8) is 0 Å². The van der Waals surface area contributed by atoms with Crippen molar-refractivity contribution >= 4 is 10.9 Å². The number of aromatic hydroxyl groups is 1. The highest BCUT2D eigenvalue weighted by Gasteiger charge is 2.43. The fraction of sp³-hybridized carbons (Fsp3) is 0.522. The minimum absolute atomic E-state index is 0.0115. The van der Waals surface area contributed by atoms with Crippen LogP contribution in [-0.4, -0.2) is 40.7 Å². The molecular weight excluding hydrogens is 336 g/mol. The molecule has 3 aliphatic rings. The number of pyridine rings is 1. The summed E-state index contributed by atoms with van der Waals surface area (Å²) in [6, 6.07) is 7.87. The lowest BCUT2D eigenvalue weighted by Gasteiger charge is -2.51. The molecule has 3 fully saturated rings. The fourth-order valence-corrected chi connectivity index (χ4v) is 4.86. The van der Waals surface area contributed by atoms with E-state index in [1.165, 1.54) is 6.42 Å². The van der Waals surface area contributed by atoms with E-state index in [4.69, 9.17) is 4.74 Å². The number of hydrogen-bond donors (Lipinski definition) is 1. The number of benzene rings is 1. The number of nitrogens with zero attached hydrogens (tertiary/aromatic N) is 2. The molecule has 4 heterocycles. The number of rotatable bonds is 7. The number of piperidine rings is 3. The Hall–Kier alpha value is -1.91. The third-order valence-corrected chi connectivity index (χ3v) is 6.36. The van der Waals surface area contributed by atoms with Gasteiger partial charge in [0, 0.05) is 30.8 Å². The highest BCUT2D eigenvalue weighted by molar-refractivity contribution is 5.83. The maximum absolute atomic E-state index is 10.0. The summed E-state index contributed by atoms with van der Waals surface area (Å²) in [6.45, 7) is 9.23. The van der Waals surface area contributed by atoms with Crippen molar-refractivity contribution in [3.8, 4) is 5.75 Å². The zero-order valence-electron chi connectivity index (χ0n) is 16.2. The van der Waals surface area contributed by atoms with E-state index >= 15 is 0 Å². The first-order valence-corrected chi connectivity index (χ1v) is 10.3. The fourth-order valence-electron chi connectivity index (χ4n) is 4.86. The molecule has 5 atom stereocenters. The summed E-state index contributed by atoms with van der Waals surface area (Å²) >= 11 is 0. The van der Waals surface area contributed by atoms with Crippen molar-refractivity contribution in [1.82, 2.24) is 9.88 Å². The molecule has 0 saturated carbocycles. The first-order valence-electron chi connectivity index (χ1n) is 10.3. The molecule has 1 aromatic heterocycles. The van der Waals surface area contributed by atoms with Gasteiger partial charge < -0.3 is 9.84 Å². The molecule has 2 aromatic rings. The van der Waals surface area contributed by atoms with Gasteiger partial charge in [0.2, 0.25) is 0 Å². The van der Waals surface area contributed by atoms with Gasteiger partial charge in [-0.2, -0.15) is 0 Å². The van der Waals surface area contributed by atoms with Crippen LogP contribution in [0.4, 0.5) is 0 Å². The Morgan fingerprint density at radius 2 is 2.30 bits per heavy atom. The van der Waals surface area contributed by atoms with Crippen molar-refractivity contribution in [2.75, 3.05) is 19.7 Å². The molecule has 1 N–H and O–H groups in total. The first-order chi connectivity index (χ1) is 13.2. The number of fused-ring (bicyclic) bond motifs is 4. The van der Waals surface area contributed by atoms with Gasteiger partial charge in [0.15, 0.2) is 0 Å². The Bertz CT molecular complexity index is 806. The number of phenols is 1. The van der Waals surface area contributed by atoms with Crippen LogP contribution < -0.4 is 0 Å². The van der Waals surface area contributed by atoms with E-state index in [1.54, 1.807) is 6.07 Å². The number of hydrogen-bond acceptors (Lipinski definition) is 4. The summed E-state index contributed by atoms with van der Waals surface area (Å²) in [5.41, 5.74) is 2.06. The normalized spacial score (nSPS) is 28.3. The summed E-state index contributed by atoms with van der Waals surface area (Å²) in [5, 5.41) is 11.0. The second kappa shape index (κ2) is 7.99. The zero-order chi connectivity index (χ0) is 18.8. The summed E-state index contributed by atoms with van der Waals surface area (Å²) in [5.74, 6) is 1.59. The summed E-state index contributed by atoms with van der Waals surface area (Å²) in [4.78, 5) is 7.08. The van der Waals surface area contributed by atoms with Gasteiger partial charge >= 0.3 is 0 Å². The van der Waals surface area contributed by atoms with E-state index in [2.05, 4.69) is 35.5 Å². The molecule has 2 bridgehead atoms. The van der Waals surface area contributed by atoms with Gasteiger partial charge in [-0.15, -0.1) is 6.58 Å². The SMILES string of the molecule is C=CC1CN2CCC1CC2[C@H](OCCCC)c1ccnc2ccc(O)cc12. The van der Waals surface area contributed by atoms with Gasteiger partial charge in [-0.3, -0.25) is 9.88 Å². The molecule has 5 rings (SSSR count). The van der Waals surface area contributed by atoms with Gasteiger partial charge in [-0.05, 0) is 67.5 Å². The Kier molecular flexibility index (Phi) is 5.46. The predicted molar refractivity (Wildman–Crippen MR) is 109 cm³/mol. The summed E-state index contributed by atoms with van der Waals surface area (Å²) in [7, 11) is 0. The minimum atomic E-state index is 0.0115. The second-order valence-corrected chi connectivity index (χ2v) is 7.99. The van der Waals surface area contributed by atoms with E-state index < -0.39 is 0 Å². The standard InChI is InChI=1S/C23H30N2O2/c1-3-5-12-27-23(22-13-17-9-11-25(22)15-16(17)4-2)19-8-10-24-21-7-6-18(26)14-20(19)21/h4,6-8,10,14,16-17,22-23,26H,2-3,5,9,11-13,15H2,1H3/t16?,17?,22?,23-/m1/s1. The van der Waals surface area contributed by atoms with Crippen LogP contribution in [0.5, 0.6) is 5.75 Å². The highest BCUT2D eigenvalue weighted by atomic mass is 16.5. The number of phenolic OH excluding ortho intramolecular Hbond substituents is 1. The van der Waals surface area contributed by atoms with Gasteiger partial charge in [0.05, 0.1) is 11.6 Å². The highest BCUT2D eigenvalue weighted by Crippen LogP contribution is 2.43. The summed E-state index contributed by atoms with van der Waals surface area (Å²) in [6.07, 6.45) is 8.62. The molecule has 27 heavy (non-hydrogen) atoms. The van der Waals surface area contributed by atoms with E-state index in [0.717, 1.165) is 55.4 Å². The van der Waals surface area contributed by atoms with Crippen LogP contribution in [0, 0.1) is 11.8 Å². The number of aromatic nitrogens is 1. The lowest BCUT2D eigenvalue weighted by atomic mass is 9.73. The molecule has 0 radical (unpaired) electrons. The van der Waals surface area contributed by atoms with Crippen molar-refractivity contribution in [2.24, 2.45) is 11.8 Å². The van der Waals surface area contributed by atoms with Crippen LogP contribution in [0.3, 0.4) is 0 Å².